The number of nitrogens with one attached hydrogen (secondary N) is 2. The Morgan fingerprint density at radius 2 is 1.08 bits per heavy atom. The Balaban J connectivity index is 1.23. The lowest BCUT2D eigenvalue weighted by Crippen LogP contribution is -2.66. The number of hydrogen-bond acceptors (Lipinski definition) is 10. The number of aromatic hydroxyl groups is 2. The molecule has 3 aliphatic rings. The number of phenolic OH excluding ortho intramolecular Hbond substituents is 2. The molecule has 4 aromatic rings. The first-order valence-corrected chi connectivity index (χ1v) is 13.8. The molecule has 2 aliphatic heterocycles. The molecule has 1 aliphatic carbocycles. The number of fused-ring (bicyclic) bond motifs is 4. The molecule has 2 aromatic heterocycles. The predicted octanol–water partition coefficient (Wildman–Crippen LogP) is 3.32. The molecule has 7 rings (SSSR count). The minimum atomic E-state index is -0.327. The number of alkyl halides is 2. The minimum absolute atomic E-state index is 0.107. The van der Waals surface area contributed by atoms with Gasteiger partial charge in [-0.15, -0.1) is 43.6 Å². The number of rotatable bonds is 2. The van der Waals surface area contributed by atoms with Crippen molar-refractivity contribution in [2.24, 2.45) is 0 Å². The molecule has 6 atom stereocenters. The van der Waals surface area contributed by atoms with E-state index >= 15 is 0 Å². The van der Waals surface area contributed by atoms with Gasteiger partial charge in [0, 0.05) is 0 Å². The molecule has 0 amide bonds. The maximum Gasteiger partial charge on any atom is 0.210 e. The third-order valence-electron chi connectivity index (χ3n) is 6.62. The maximum atomic E-state index is 10.4. The third kappa shape index (κ3) is 3.28. The Bertz CT molecular complexity index is 1370. The molecular formula is C22H18Cl2N8O2S2. The number of aromatic nitrogens is 6. The second-order valence-electron chi connectivity index (χ2n) is 8.68. The summed E-state index contributed by atoms with van der Waals surface area (Å²) in [5, 5.41) is 38.5. The Morgan fingerprint density at radius 3 is 1.50 bits per heavy atom. The quantitative estimate of drug-likeness (QED) is 0.271. The summed E-state index contributed by atoms with van der Waals surface area (Å²) >= 11 is 17.3. The van der Waals surface area contributed by atoms with Crippen molar-refractivity contribution in [3.63, 3.8) is 0 Å². The molecule has 184 valence electrons. The van der Waals surface area contributed by atoms with E-state index in [4.69, 9.17) is 23.2 Å². The van der Waals surface area contributed by atoms with Gasteiger partial charge < -0.3 is 21.1 Å². The number of nitrogens with zero attached hydrogens (tertiary/aromatic N) is 6. The Labute approximate surface area is 223 Å². The second kappa shape index (κ2) is 8.37. The van der Waals surface area contributed by atoms with Crippen LogP contribution in [0.3, 0.4) is 0 Å². The molecule has 4 N–H and O–H groups in total. The fraction of sp³-hybridized carbons (Fsp3) is 0.273. The standard InChI is InChI=1S/C22H18Cl2N8O2S2/c23-13-15-17(35-21-27-25-19(31(21)29-15)9-5-1-3-7-11(9)33)14(24)16-18(13)36-22-28-26-20(32(22)30-16)10-6-2-4-8-12(10)34/h1-8,13-18,29-30,33-34H. The van der Waals surface area contributed by atoms with Crippen molar-refractivity contribution in [1.29, 1.82) is 0 Å². The summed E-state index contributed by atoms with van der Waals surface area (Å²) in [7, 11) is 0. The van der Waals surface area contributed by atoms with Crippen LogP contribution in [0.25, 0.3) is 22.8 Å². The zero-order valence-corrected chi connectivity index (χ0v) is 21.4. The van der Waals surface area contributed by atoms with E-state index in [1.54, 1.807) is 45.8 Å². The monoisotopic (exact) mass is 560 g/mol. The molecule has 0 radical (unpaired) electrons. The first-order valence-electron chi connectivity index (χ1n) is 11.1. The summed E-state index contributed by atoms with van der Waals surface area (Å²) < 4.78 is 3.56. The smallest absolute Gasteiger partial charge is 0.210 e. The highest BCUT2D eigenvalue weighted by molar-refractivity contribution is 8.00. The van der Waals surface area contributed by atoms with Gasteiger partial charge in [-0.05, 0) is 24.3 Å². The van der Waals surface area contributed by atoms with Crippen LogP contribution >= 0.6 is 46.7 Å². The fourth-order valence-corrected chi connectivity index (χ4v) is 8.60. The number of thioether (sulfide) groups is 2. The van der Waals surface area contributed by atoms with Crippen LogP contribution in [0.2, 0.25) is 0 Å². The highest BCUT2D eigenvalue weighted by Crippen LogP contribution is 2.49. The van der Waals surface area contributed by atoms with E-state index in [0.29, 0.717) is 33.1 Å². The van der Waals surface area contributed by atoms with E-state index in [1.165, 1.54) is 23.5 Å². The normalized spacial score (nSPS) is 28.2. The highest BCUT2D eigenvalue weighted by Gasteiger charge is 2.55. The van der Waals surface area contributed by atoms with Crippen molar-refractivity contribution in [1.82, 2.24) is 29.7 Å². The van der Waals surface area contributed by atoms with Crippen molar-refractivity contribution < 1.29 is 10.2 Å². The van der Waals surface area contributed by atoms with Crippen molar-refractivity contribution in [2.45, 2.75) is 43.7 Å². The summed E-state index contributed by atoms with van der Waals surface area (Å²) in [6.07, 6.45) is 0. The Kier molecular flexibility index (Phi) is 5.21. The first kappa shape index (κ1) is 22.4. The summed E-state index contributed by atoms with van der Waals surface area (Å²) in [4.78, 5) is 0. The van der Waals surface area contributed by atoms with Gasteiger partial charge in [0.25, 0.3) is 0 Å². The lowest BCUT2D eigenvalue weighted by atomic mass is 9.89. The zero-order valence-electron chi connectivity index (χ0n) is 18.2. The molecule has 1 fully saturated rings. The molecule has 4 heterocycles. The third-order valence-corrected chi connectivity index (χ3v) is 10.7. The van der Waals surface area contributed by atoms with Crippen LogP contribution < -0.4 is 10.9 Å². The van der Waals surface area contributed by atoms with E-state index < -0.39 is 0 Å². The van der Waals surface area contributed by atoms with Crippen LogP contribution in [-0.2, 0) is 0 Å². The van der Waals surface area contributed by atoms with E-state index in [2.05, 4.69) is 31.2 Å². The SMILES string of the molecule is Oc1ccccc1-c1nnc2n1NC1C(Cl)C3Sc4nnc(-c5ccccc5O)n4NC3C(Cl)C1S2. The Hall–Kier alpha value is -2.80. The highest BCUT2D eigenvalue weighted by atomic mass is 35.5. The van der Waals surface area contributed by atoms with Crippen molar-refractivity contribution >= 4 is 46.7 Å². The van der Waals surface area contributed by atoms with E-state index in [-0.39, 0.29) is 44.8 Å². The number of halogens is 2. The van der Waals surface area contributed by atoms with Gasteiger partial charge in [0.1, 0.15) is 11.5 Å². The van der Waals surface area contributed by atoms with Crippen molar-refractivity contribution in [3.8, 4) is 34.3 Å². The van der Waals surface area contributed by atoms with Gasteiger partial charge in [-0.2, -0.15) is 0 Å². The minimum Gasteiger partial charge on any atom is -0.507 e. The van der Waals surface area contributed by atoms with Gasteiger partial charge in [-0.25, -0.2) is 9.35 Å². The summed E-state index contributed by atoms with van der Waals surface area (Å²) in [5.41, 5.74) is 8.10. The summed E-state index contributed by atoms with van der Waals surface area (Å²) in [6.45, 7) is 0. The van der Waals surface area contributed by atoms with Crippen molar-refractivity contribution in [2.75, 3.05) is 10.9 Å². The van der Waals surface area contributed by atoms with Crippen LogP contribution in [0.4, 0.5) is 0 Å². The van der Waals surface area contributed by atoms with E-state index in [9.17, 15) is 10.2 Å². The average molecular weight is 561 g/mol. The van der Waals surface area contributed by atoms with Crippen LogP contribution in [0.1, 0.15) is 0 Å². The molecule has 0 bridgehead atoms. The molecule has 0 saturated heterocycles. The summed E-state index contributed by atoms with van der Waals surface area (Å²) in [5.74, 6) is 1.25. The van der Waals surface area contributed by atoms with Crippen LogP contribution in [-0.4, -0.2) is 73.3 Å². The van der Waals surface area contributed by atoms with Gasteiger partial charge >= 0.3 is 0 Å². The number of phenols is 2. The fourth-order valence-electron chi connectivity index (χ4n) is 4.87. The number of hydrogen-bond donors (Lipinski definition) is 4. The largest absolute Gasteiger partial charge is 0.507 e. The molecule has 1 saturated carbocycles. The molecule has 36 heavy (non-hydrogen) atoms. The summed E-state index contributed by atoms with van der Waals surface area (Å²) in [6, 6.07) is 13.6. The lowest BCUT2D eigenvalue weighted by molar-refractivity contribution is 0.399. The lowest BCUT2D eigenvalue weighted by Gasteiger charge is -2.50. The number of benzene rings is 2. The number of para-hydroxylation sites is 2. The van der Waals surface area contributed by atoms with Gasteiger partial charge in [-0.1, -0.05) is 47.8 Å². The van der Waals surface area contributed by atoms with E-state index in [0.717, 1.165) is 0 Å². The predicted molar refractivity (Wildman–Crippen MR) is 139 cm³/mol. The maximum absolute atomic E-state index is 10.4. The van der Waals surface area contributed by atoms with Crippen LogP contribution in [0.5, 0.6) is 11.5 Å². The van der Waals surface area contributed by atoms with Gasteiger partial charge in [-0.3, -0.25) is 0 Å². The van der Waals surface area contributed by atoms with Crippen molar-refractivity contribution in [3.05, 3.63) is 48.5 Å². The van der Waals surface area contributed by atoms with Crippen LogP contribution in [0.15, 0.2) is 58.8 Å². The molecular weight excluding hydrogens is 543 g/mol. The van der Waals surface area contributed by atoms with Gasteiger partial charge in [0.15, 0.2) is 11.6 Å². The molecule has 0 spiro atoms. The molecule has 6 unspecified atom stereocenters. The van der Waals surface area contributed by atoms with Crippen LogP contribution in [0, 0.1) is 0 Å². The topological polar surface area (TPSA) is 126 Å². The van der Waals surface area contributed by atoms with Gasteiger partial charge in [0.2, 0.25) is 10.3 Å². The molecule has 2 aromatic carbocycles. The molecule has 10 nitrogen and oxygen atoms in total. The second-order valence-corrected chi connectivity index (χ2v) is 12.0. The Morgan fingerprint density at radius 1 is 0.667 bits per heavy atom. The first-order chi connectivity index (χ1) is 17.5. The average Bonchev–Trinajstić information content (AvgIpc) is 3.50. The van der Waals surface area contributed by atoms with E-state index in [1.807, 2.05) is 12.1 Å². The van der Waals surface area contributed by atoms with Gasteiger partial charge in [0.05, 0.1) is 44.5 Å². The zero-order chi connectivity index (χ0) is 24.6. The molecule has 14 heteroatoms.